The second kappa shape index (κ2) is 6.08. The van der Waals surface area contributed by atoms with Gasteiger partial charge >= 0.3 is 0 Å². The summed E-state index contributed by atoms with van der Waals surface area (Å²) in [5, 5.41) is 10.4. The highest BCUT2D eigenvalue weighted by molar-refractivity contribution is 5.66. The van der Waals surface area contributed by atoms with Crippen LogP contribution in [0.3, 0.4) is 0 Å². The van der Waals surface area contributed by atoms with Crippen LogP contribution in [0.2, 0.25) is 0 Å². The molecule has 6 heteroatoms. The molecule has 2 heterocycles. The zero-order chi connectivity index (χ0) is 16.4. The minimum absolute atomic E-state index is 0.624. The fourth-order valence-electron chi connectivity index (χ4n) is 2.39. The highest BCUT2D eigenvalue weighted by Gasteiger charge is 2.08. The Kier molecular flexibility index (Phi) is 3.97. The number of aromatic nitrogens is 3. The molecule has 0 atom stereocenters. The second-order valence-corrected chi connectivity index (χ2v) is 5.53. The molecule has 6 nitrogen and oxygen atoms in total. The van der Waals surface area contributed by atoms with Crippen LogP contribution in [0.1, 0.15) is 22.7 Å². The summed E-state index contributed by atoms with van der Waals surface area (Å²) in [5.74, 6) is 3.44. The van der Waals surface area contributed by atoms with Crippen molar-refractivity contribution in [1.29, 1.82) is 0 Å². The molecule has 3 rings (SSSR count). The molecule has 0 saturated heterocycles. The lowest BCUT2D eigenvalue weighted by atomic mass is 10.1. The zero-order valence-electron chi connectivity index (χ0n) is 13.6. The van der Waals surface area contributed by atoms with Gasteiger partial charge in [-0.2, -0.15) is 0 Å². The molecule has 1 aromatic carbocycles. The van der Waals surface area contributed by atoms with Crippen LogP contribution >= 0.6 is 0 Å². The molecule has 0 unspecified atom stereocenters. The van der Waals surface area contributed by atoms with Gasteiger partial charge in [0.1, 0.15) is 23.2 Å². The monoisotopic (exact) mass is 309 g/mol. The van der Waals surface area contributed by atoms with Crippen LogP contribution in [0.4, 0.5) is 23.1 Å². The zero-order valence-corrected chi connectivity index (χ0v) is 13.6. The van der Waals surface area contributed by atoms with Gasteiger partial charge in [0, 0.05) is 17.8 Å². The van der Waals surface area contributed by atoms with Crippen LogP contribution in [0.25, 0.3) is 0 Å². The van der Waals surface area contributed by atoms with Gasteiger partial charge in [0.25, 0.3) is 0 Å². The van der Waals surface area contributed by atoms with Crippen molar-refractivity contribution in [1.82, 2.24) is 15.1 Å². The van der Waals surface area contributed by atoms with E-state index in [9.17, 15) is 0 Å². The van der Waals surface area contributed by atoms with E-state index in [1.54, 1.807) is 0 Å². The van der Waals surface area contributed by atoms with Crippen molar-refractivity contribution in [3.05, 3.63) is 53.0 Å². The maximum atomic E-state index is 5.05. The van der Waals surface area contributed by atoms with Gasteiger partial charge in [-0.1, -0.05) is 23.4 Å². The quantitative estimate of drug-likeness (QED) is 0.752. The van der Waals surface area contributed by atoms with Crippen molar-refractivity contribution >= 4 is 23.1 Å². The number of nitrogens with one attached hydrogen (secondary N) is 2. The average Bonchev–Trinajstić information content (AvgIpc) is 2.88. The third-order valence-corrected chi connectivity index (χ3v) is 3.46. The number of para-hydroxylation sites is 1. The summed E-state index contributed by atoms with van der Waals surface area (Å²) >= 11 is 0. The van der Waals surface area contributed by atoms with Gasteiger partial charge in [-0.25, -0.2) is 9.97 Å². The van der Waals surface area contributed by atoms with Crippen molar-refractivity contribution in [3.63, 3.8) is 0 Å². The number of aryl methyl sites for hydroxylation is 4. The standard InChI is InChI=1S/C17H19N5O/c1-10-6-5-7-11(2)17(10)21-15-9-14(18-13(4)19-15)20-16-8-12(3)23-22-16/h5-9H,1-4H3,(H2,18,19,20,21,22). The van der Waals surface area contributed by atoms with Crippen LogP contribution in [0.15, 0.2) is 34.9 Å². The maximum absolute atomic E-state index is 5.05. The first kappa shape index (κ1) is 15.0. The molecule has 0 bridgehead atoms. The average molecular weight is 309 g/mol. The van der Waals surface area contributed by atoms with E-state index in [0.29, 0.717) is 17.5 Å². The molecule has 23 heavy (non-hydrogen) atoms. The summed E-state index contributed by atoms with van der Waals surface area (Å²) in [4.78, 5) is 8.83. The summed E-state index contributed by atoms with van der Waals surface area (Å²) < 4.78 is 5.05. The Labute approximate surface area is 135 Å². The van der Waals surface area contributed by atoms with E-state index in [0.717, 1.165) is 17.3 Å². The normalized spacial score (nSPS) is 10.6. The lowest BCUT2D eigenvalue weighted by molar-refractivity contribution is 0.400. The molecular formula is C17H19N5O. The first-order valence-electron chi connectivity index (χ1n) is 7.40. The van der Waals surface area contributed by atoms with Gasteiger partial charge in [0.2, 0.25) is 0 Å². The van der Waals surface area contributed by atoms with E-state index in [2.05, 4.69) is 51.7 Å². The summed E-state index contributed by atoms with van der Waals surface area (Å²) in [6.07, 6.45) is 0. The van der Waals surface area contributed by atoms with Gasteiger partial charge in [-0.05, 0) is 38.8 Å². The Morgan fingerprint density at radius 1 is 0.826 bits per heavy atom. The summed E-state index contributed by atoms with van der Waals surface area (Å²) in [5.41, 5.74) is 3.40. The summed E-state index contributed by atoms with van der Waals surface area (Å²) in [6, 6.07) is 9.85. The lowest BCUT2D eigenvalue weighted by Crippen LogP contribution is -2.03. The molecule has 0 saturated carbocycles. The SMILES string of the molecule is Cc1nc(Nc2cc(C)on2)cc(Nc2c(C)cccc2C)n1. The molecule has 118 valence electrons. The van der Waals surface area contributed by atoms with Gasteiger partial charge < -0.3 is 15.2 Å². The summed E-state index contributed by atoms with van der Waals surface area (Å²) in [7, 11) is 0. The van der Waals surface area contributed by atoms with Crippen molar-refractivity contribution in [2.24, 2.45) is 0 Å². The highest BCUT2D eigenvalue weighted by atomic mass is 16.5. The third kappa shape index (κ3) is 3.48. The molecule has 0 fully saturated rings. The van der Waals surface area contributed by atoms with Crippen molar-refractivity contribution in [2.45, 2.75) is 27.7 Å². The second-order valence-electron chi connectivity index (χ2n) is 5.53. The van der Waals surface area contributed by atoms with E-state index in [4.69, 9.17) is 4.52 Å². The molecule has 0 radical (unpaired) electrons. The number of rotatable bonds is 4. The minimum atomic E-state index is 0.624. The van der Waals surface area contributed by atoms with Crippen molar-refractivity contribution in [2.75, 3.05) is 10.6 Å². The molecule has 2 aromatic heterocycles. The van der Waals surface area contributed by atoms with Gasteiger partial charge in [0.05, 0.1) is 0 Å². The minimum Gasteiger partial charge on any atom is -0.360 e. The first-order chi connectivity index (χ1) is 11.0. The fraction of sp³-hybridized carbons (Fsp3) is 0.235. The van der Waals surface area contributed by atoms with Crippen molar-refractivity contribution in [3.8, 4) is 0 Å². The number of hydrogen-bond donors (Lipinski definition) is 2. The molecule has 3 aromatic rings. The predicted molar refractivity (Wildman–Crippen MR) is 90.5 cm³/mol. The van der Waals surface area contributed by atoms with Gasteiger partial charge in [-0.15, -0.1) is 0 Å². The van der Waals surface area contributed by atoms with E-state index in [-0.39, 0.29) is 0 Å². The Hall–Kier alpha value is -2.89. The first-order valence-corrected chi connectivity index (χ1v) is 7.40. The Morgan fingerprint density at radius 3 is 2.09 bits per heavy atom. The fourth-order valence-corrected chi connectivity index (χ4v) is 2.39. The van der Waals surface area contributed by atoms with E-state index < -0.39 is 0 Å². The molecule has 0 aliphatic rings. The van der Waals surface area contributed by atoms with Crippen LogP contribution in [0, 0.1) is 27.7 Å². The number of nitrogens with zero attached hydrogens (tertiary/aromatic N) is 3. The van der Waals surface area contributed by atoms with Crippen LogP contribution in [-0.2, 0) is 0 Å². The van der Waals surface area contributed by atoms with Gasteiger partial charge in [0.15, 0.2) is 5.82 Å². The summed E-state index contributed by atoms with van der Waals surface area (Å²) in [6.45, 7) is 7.84. The molecular weight excluding hydrogens is 290 g/mol. The Bertz CT molecular complexity index is 821. The van der Waals surface area contributed by atoms with Crippen LogP contribution < -0.4 is 10.6 Å². The van der Waals surface area contributed by atoms with Crippen molar-refractivity contribution < 1.29 is 4.52 Å². The molecule has 0 aliphatic carbocycles. The van der Waals surface area contributed by atoms with E-state index >= 15 is 0 Å². The smallest absolute Gasteiger partial charge is 0.175 e. The Morgan fingerprint density at radius 2 is 1.48 bits per heavy atom. The van der Waals surface area contributed by atoms with E-state index in [1.807, 2.05) is 32.0 Å². The Balaban J connectivity index is 1.88. The molecule has 2 N–H and O–H groups in total. The number of anilines is 4. The predicted octanol–water partition coefficient (Wildman–Crippen LogP) is 4.19. The highest BCUT2D eigenvalue weighted by Crippen LogP contribution is 2.25. The lowest BCUT2D eigenvalue weighted by Gasteiger charge is -2.13. The largest absolute Gasteiger partial charge is 0.360 e. The number of hydrogen-bond acceptors (Lipinski definition) is 6. The molecule has 0 amide bonds. The van der Waals surface area contributed by atoms with Crippen LogP contribution in [-0.4, -0.2) is 15.1 Å². The third-order valence-electron chi connectivity index (χ3n) is 3.46. The maximum Gasteiger partial charge on any atom is 0.175 e. The van der Waals surface area contributed by atoms with E-state index in [1.165, 1.54) is 11.1 Å². The molecule has 0 aliphatic heterocycles. The van der Waals surface area contributed by atoms with Gasteiger partial charge in [-0.3, -0.25) is 0 Å². The topological polar surface area (TPSA) is 75.9 Å². The van der Waals surface area contributed by atoms with Crippen LogP contribution in [0.5, 0.6) is 0 Å². The molecule has 0 spiro atoms. The number of benzene rings is 1.